The van der Waals surface area contributed by atoms with Crippen molar-refractivity contribution in [2.75, 3.05) is 6.61 Å². The number of phenolic OH excluding ortho intramolecular Hbond substituents is 1. The molecule has 12 heteroatoms. The molecule has 0 aliphatic carbocycles. The summed E-state index contributed by atoms with van der Waals surface area (Å²) in [5, 5.41) is 14.3. The highest BCUT2D eigenvalue weighted by molar-refractivity contribution is 6.01. The molecule has 12 nitrogen and oxygen atoms in total. The third-order valence-electron chi connectivity index (χ3n) is 5.41. The summed E-state index contributed by atoms with van der Waals surface area (Å²) in [7, 11) is 0. The van der Waals surface area contributed by atoms with E-state index >= 15 is 0 Å². The van der Waals surface area contributed by atoms with Crippen LogP contribution in [0, 0.1) is 0 Å². The number of hydrogen-bond donors (Lipinski definition) is 2. The zero-order valence-corrected chi connectivity index (χ0v) is 20.6. The van der Waals surface area contributed by atoms with E-state index in [0.29, 0.717) is 10.8 Å². The second-order valence-electron chi connectivity index (χ2n) is 8.31. The Bertz CT molecular complexity index is 1210. The highest BCUT2D eigenvalue weighted by atomic mass is 16.7. The van der Waals surface area contributed by atoms with Gasteiger partial charge in [-0.2, -0.15) is 0 Å². The fourth-order valence-corrected chi connectivity index (χ4v) is 3.98. The lowest BCUT2D eigenvalue weighted by atomic mass is 9.96. The number of aromatic hydroxyl groups is 1. The van der Waals surface area contributed by atoms with E-state index in [-0.39, 0.29) is 11.3 Å². The molecule has 1 aliphatic rings. The van der Waals surface area contributed by atoms with Crippen LogP contribution in [0.4, 0.5) is 0 Å². The van der Waals surface area contributed by atoms with E-state index in [1.807, 2.05) is 0 Å². The fourth-order valence-electron chi connectivity index (χ4n) is 3.98. The standard InChI is InChI=1S/C25H27NO11/c1-12(27)26-20-23(35-15(4)30)22(34-14(3)29)19(11-33-13(2)28)36-25(20)37-24(32)18-10-9-16-7-5-6-8-17(16)21(18)31/h5-10,19-20,22-23,25,31H,11H2,1-4H3,(H,26,27)/t19-,20+,22+,23+,25+/m1/s1. The molecule has 0 bridgehead atoms. The van der Waals surface area contributed by atoms with Crippen LogP contribution in [0.5, 0.6) is 5.75 Å². The quantitative estimate of drug-likeness (QED) is 0.402. The lowest BCUT2D eigenvalue weighted by Gasteiger charge is -2.44. The van der Waals surface area contributed by atoms with Gasteiger partial charge in [0, 0.05) is 33.1 Å². The molecule has 2 aromatic rings. The number of hydrogen-bond acceptors (Lipinski definition) is 11. The van der Waals surface area contributed by atoms with Crippen molar-refractivity contribution in [1.82, 2.24) is 5.32 Å². The molecule has 1 amide bonds. The van der Waals surface area contributed by atoms with Crippen molar-refractivity contribution < 1.29 is 52.8 Å². The summed E-state index contributed by atoms with van der Waals surface area (Å²) in [6.07, 6.45) is -5.56. The Labute approximate surface area is 211 Å². The highest BCUT2D eigenvalue weighted by Gasteiger charge is 2.52. The third kappa shape index (κ3) is 6.73. The molecule has 1 saturated heterocycles. The molecule has 0 aromatic heterocycles. The van der Waals surface area contributed by atoms with E-state index in [0.717, 1.165) is 20.8 Å². The lowest BCUT2D eigenvalue weighted by molar-refractivity contribution is -0.263. The zero-order chi connectivity index (χ0) is 27.3. The van der Waals surface area contributed by atoms with Crippen molar-refractivity contribution >= 4 is 40.6 Å². The smallest absolute Gasteiger partial charge is 0.344 e. The first kappa shape index (κ1) is 27.4. The van der Waals surface area contributed by atoms with Gasteiger partial charge in [0.15, 0.2) is 12.2 Å². The number of carbonyl (C=O) groups is 5. The number of esters is 4. The molecule has 2 N–H and O–H groups in total. The van der Waals surface area contributed by atoms with Crippen molar-refractivity contribution in [2.45, 2.75) is 58.3 Å². The number of nitrogens with one attached hydrogen (secondary N) is 1. The lowest BCUT2D eigenvalue weighted by Crippen LogP contribution is -2.66. The van der Waals surface area contributed by atoms with Gasteiger partial charge in [0.25, 0.3) is 0 Å². The predicted octanol–water partition coefficient (Wildman–Crippen LogP) is 1.36. The van der Waals surface area contributed by atoms with Gasteiger partial charge in [0.05, 0.1) is 0 Å². The molecule has 198 valence electrons. The van der Waals surface area contributed by atoms with Gasteiger partial charge < -0.3 is 34.1 Å². The van der Waals surface area contributed by atoms with Crippen LogP contribution in [0.25, 0.3) is 10.8 Å². The second kappa shape index (κ2) is 11.7. The Kier molecular flexibility index (Phi) is 8.66. The molecule has 0 radical (unpaired) electrons. The normalized spacial score (nSPS) is 23.0. The Morgan fingerprint density at radius 1 is 0.865 bits per heavy atom. The third-order valence-corrected chi connectivity index (χ3v) is 5.41. The summed E-state index contributed by atoms with van der Waals surface area (Å²) >= 11 is 0. The van der Waals surface area contributed by atoms with Crippen LogP contribution < -0.4 is 5.32 Å². The number of phenols is 1. The average molecular weight is 517 g/mol. The zero-order valence-electron chi connectivity index (χ0n) is 20.6. The highest BCUT2D eigenvalue weighted by Crippen LogP contribution is 2.32. The van der Waals surface area contributed by atoms with Crippen LogP contribution >= 0.6 is 0 Å². The molecular formula is C25H27NO11. The summed E-state index contributed by atoms with van der Waals surface area (Å²) in [6.45, 7) is 4.07. The molecule has 1 heterocycles. The monoisotopic (exact) mass is 517 g/mol. The van der Waals surface area contributed by atoms with E-state index in [4.69, 9.17) is 23.7 Å². The molecule has 1 fully saturated rings. The maximum Gasteiger partial charge on any atom is 0.344 e. The van der Waals surface area contributed by atoms with E-state index < -0.39 is 67.0 Å². The van der Waals surface area contributed by atoms with Gasteiger partial charge in [0.1, 0.15) is 30.1 Å². The van der Waals surface area contributed by atoms with Crippen molar-refractivity contribution in [2.24, 2.45) is 0 Å². The molecule has 5 atom stereocenters. The van der Waals surface area contributed by atoms with Gasteiger partial charge in [-0.05, 0) is 11.5 Å². The van der Waals surface area contributed by atoms with E-state index in [1.54, 1.807) is 30.3 Å². The van der Waals surface area contributed by atoms with Crippen molar-refractivity contribution in [3.8, 4) is 5.75 Å². The number of fused-ring (bicyclic) bond motifs is 1. The number of carbonyl (C=O) groups excluding carboxylic acids is 5. The number of amides is 1. The Hall–Kier alpha value is -4.19. The van der Waals surface area contributed by atoms with Gasteiger partial charge in [-0.25, -0.2) is 4.79 Å². The topological polar surface area (TPSA) is 164 Å². The van der Waals surface area contributed by atoms with Crippen LogP contribution in [0.1, 0.15) is 38.1 Å². The SMILES string of the molecule is CC(=O)N[C@@H]1[C@H](OC(=O)c2ccc3ccccc3c2O)O[C@H](COC(C)=O)[C@H](OC(C)=O)[C@H]1OC(C)=O. The van der Waals surface area contributed by atoms with Crippen LogP contribution in [-0.4, -0.2) is 72.1 Å². The minimum atomic E-state index is -1.60. The van der Waals surface area contributed by atoms with E-state index in [1.165, 1.54) is 13.0 Å². The van der Waals surface area contributed by atoms with Gasteiger partial charge in [0.2, 0.25) is 12.2 Å². The molecule has 0 unspecified atom stereocenters. The molecule has 37 heavy (non-hydrogen) atoms. The molecule has 3 rings (SSSR count). The van der Waals surface area contributed by atoms with E-state index in [9.17, 15) is 29.1 Å². The molecule has 0 saturated carbocycles. The largest absolute Gasteiger partial charge is 0.506 e. The van der Waals surface area contributed by atoms with Crippen molar-refractivity contribution in [3.05, 3.63) is 42.0 Å². The van der Waals surface area contributed by atoms with Gasteiger partial charge in [-0.1, -0.05) is 30.3 Å². The minimum Gasteiger partial charge on any atom is -0.506 e. The Morgan fingerprint density at radius 2 is 1.51 bits per heavy atom. The summed E-state index contributed by atoms with van der Waals surface area (Å²) in [5.41, 5.74) is -0.188. The van der Waals surface area contributed by atoms with Crippen LogP contribution in [0.2, 0.25) is 0 Å². The first-order valence-electron chi connectivity index (χ1n) is 11.3. The Morgan fingerprint density at radius 3 is 2.14 bits per heavy atom. The van der Waals surface area contributed by atoms with Gasteiger partial charge in [-0.3, -0.25) is 19.2 Å². The average Bonchev–Trinajstić information content (AvgIpc) is 2.81. The summed E-state index contributed by atoms with van der Waals surface area (Å²) in [6, 6.07) is 8.47. The van der Waals surface area contributed by atoms with Crippen molar-refractivity contribution in [1.29, 1.82) is 0 Å². The summed E-state index contributed by atoms with van der Waals surface area (Å²) < 4.78 is 27.0. The van der Waals surface area contributed by atoms with Crippen molar-refractivity contribution in [3.63, 3.8) is 0 Å². The fraction of sp³-hybridized carbons (Fsp3) is 0.400. The number of ether oxygens (including phenoxy) is 5. The minimum absolute atomic E-state index is 0.188. The number of benzene rings is 2. The van der Waals surface area contributed by atoms with Crippen LogP contribution in [0.15, 0.2) is 36.4 Å². The van der Waals surface area contributed by atoms with Crippen LogP contribution in [-0.2, 0) is 42.9 Å². The molecule has 0 spiro atoms. The van der Waals surface area contributed by atoms with Crippen LogP contribution in [0.3, 0.4) is 0 Å². The Balaban J connectivity index is 2.00. The molecular weight excluding hydrogens is 490 g/mol. The van der Waals surface area contributed by atoms with Gasteiger partial charge >= 0.3 is 23.9 Å². The van der Waals surface area contributed by atoms with E-state index in [2.05, 4.69) is 5.32 Å². The molecule has 1 aliphatic heterocycles. The summed E-state index contributed by atoms with van der Waals surface area (Å²) in [4.78, 5) is 60.3. The van der Waals surface area contributed by atoms with Gasteiger partial charge in [-0.15, -0.1) is 0 Å². The number of rotatable bonds is 7. The first-order chi connectivity index (χ1) is 17.5. The molecule has 2 aromatic carbocycles. The maximum atomic E-state index is 13.1. The second-order valence-corrected chi connectivity index (χ2v) is 8.31. The maximum absolute atomic E-state index is 13.1. The summed E-state index contributed by atoms with van der Waals surface area (Å²) in [5.74, 6) is -4.17. The predicted molar refractivity (Wildman–Crippen MR) is 125 cm³/mol. The first-order valence-corrected chi connectivity index (χ1v) is 11.3.